The number of benzene rings is 2. The lowest BCUT2D eigenvalue weighted by molar-refractivity contribution is -0.154. The zero-order valence-corrected chi connectivity index (χ0v) is 15.9. The first-order valence-corrected chi connectivity index (χ1v) is 12.0. The van der Waals surface area contributed by atoms with Crippen molar-refractivity contribution in [1.29, 1.82) is 0 Å². The fraction of sp³-hybridized carbons (Fsp3) is 0.350. The molecule has 0 spiro atoms. The van der Waals surface area contributed by atoms with Crippen molar-refractivity contribution in [1.82, 2.24) is 0 Å². The summed E-state index contributed by atoms with van der Waals surface area (Å²) < 4.78 is 10.8. The predicted octanol–water partition coefficient (Wildman–Crippen LogP) is 4.92. The van der Waals surface area contributed by atoms with Gasteiger partial charge in [0.2, 0.25) is 0 Å². The molecule has 0 fully saturated rings. The van der Waals surface area contributed by atoms with Gasteiger partial charge in [-0.25, -0.2) is 4.79 Å². The lowest BCUT2D eigenvalue weighted by Crippen LogP contribution is -2.24. The zero-order chi connectivity index (χ0) is 17.6. The smallest absolute Gasteiger partial charge is 0.339 e. The number of carbonyl (C=O) groups is 1. The van der Waals surface area contributed by atoms with Crippen LogP contribution in [-0.2, 0) is 14.3 Å². The summed E-state index contributed by atoms with van der Waals surface area (Å²) in [6.45, 7) is 7.45. The second-order valence-corrected chi connectivity index (χ2v) is 12.7. The first kappa shape index (κ1) is 18.4. The van der Waals surface area contributed by atoms with Gasteiger partial charge in [0.25, 0.3) is 0 Å². The van der Waals surface area contributed by atoms with Crippen molar-refractivity contribution in [3.63, 3.8) is 0 Å². The molecule has 0 saturated heterocycles. The molecule has 0 aliphatic heterocycles. The summed E-state index contributed by atoms with van der Waals surface area (Å²) >= 11 is 0. The Hall–Kier alpha value is -1.91. The number of ether oxygens (including phenoxy) is 2. The molecule has 2 aromatic rings. The second kappa shape index (κ2) is 8.26. The Bertz CT molecular complexity index is 645. The van der Waals surface area contributed by atoms with Crippen LogP contribution in [0.4, 0.5) is 0 Å². The van der Waals surface area contributed by atoms with Crippen molar-refractivity contribution in [3.05, 3.63) is 60.2 Å². The summed E-state index contributed by atoms with van der Waals surface area (Å²) in [5, 5.41) is 0. The van der Waals surface area contributed by atoms with Crippen LogP contribution in [0.15, 0.2) is 54.6 Å². The van der Waals surface area contributed by atoms with Gasteiger partial charge in [-0.05, 0) is 22.7 Å². The van der Waals surface area contributed by atoms with E-state index in [1.807, 2.05) is 42.5 Å². The summed E-state index contributed by atoms with van der Waals surface area (Å²) in [7, 11) is 0.198. The van der Waals surface area contributed by atoms with Gasteiger partial charge in [0, 0.05) is 14.7 Å². The van der Waals surface area contributed by atoms with Crippen LogP contribution in [-0.4, -0.2) is 27.8 Å². The third-order valence-corrected chi connectivity index (χ3v) is 5.58. The van der Waals surface area contributed by atoms with Gasteiger partial charge in [-0.1, -0.05) is 74.2 Å². The Kier molecular flexibility index (Phi) is 6.34. The predicted molar refractivity (Wildman–Crippen MR) is 101 cm³/mol. The molecule has 24 heavy (non-hydrogen) atoms. The van der Waals surface area contributed by atoms with Crippen molar-refractivity contribution in [2.75, 3.05) is 13.7 Å². The maximum absolute atomic E-state index is 12.1. The fourth-order valence-electron chi connectivity index (χ4n) is 2.37. The van der Waals surface area contributed by atoms with Crippen LogP contribution >= 0.6 is 0 Å². The minimum Gasteiger partial charge on any atom is -0.467 e. The second-order valence-electron chi connectivity index (χ2n) is 7.07. The first-order valence-electron chi connectivity index (χ1n) is 8.25. The van der Waals surface area contributed by atoms with Gasteiger partial charge >= 0.3 is 5.97 Å². The van der Waals surface area contributed by atoms with E-state index in [1.165, 1.54) is 7.11 Å². The Balaban J connectivity index is 2.13. The number of esters is 1. The molecule has 2 rings (SSSR count). The normalized spacial score (nSPS) is 12.7. The molecule has 1 atom stereocenters. The van der Waals surface area contributed by atoms with Gasteiger partial charge in [-0.3, -0.25) is 0 Å². The maximum Gasteiger partial charge on any atom is 0.339 e. The molecular weight excluding hydrogens is 316 g/mol. The molecule has 128 valence electrons. The Labute approximate surface area is 145 Å². The van der Waals surface area contributed by atoms with Crippen molar-refractivity contribution >= 4 is 14.0 Å². The quantitative estimate of drug-likeness (QED) is 0.529. The maximum atomic E-state index is 12.1. The Morgan fingerprint density at radius 3 is 2.08 bits per heavy atom. The van der Waals surface area contributed by atoms with Crippen LogP contribution < -0.4 is 0 Å². The average Bonchev–Trinajstić information content (AvgIpc) is 2.58. The van der Waals surface area contributed by atoms with E-state index in [9.17, 15) is 4.79 Å². The molecule has 0 amide bonds. The van der Waals surface area contributed by atoms with Crippen LogP contribution in [0.25, 0.3) is 11.1 Å². The van der Waals surface area contributed by atoms with E-state index in [-0.39, 0.29) is 5.97 Å². The SMILES string of the molecule is COC(=O)[C@H](OCC[Si](C)(C)C)c1ccc(-c2ccccc2)cc1. The largest absolute Gasteiger partial charge is 0.467 e. The van der Waals surface area contributed by atoms with E-state index in [0.29, 0.717) is 6.61 Å². The highest BCUT2D eigenvalue weighted by Crippen LogP contribution is 2.25. The van der Waals surface area contributed by atoms with E-state index in [4.69, 9.17) is 9.47 Å². The van der Waals surface area contributed by atoms with Gasteiger partial charge in [0.15, 0.2) is 6.10 Å². The summed E-state index contributed by atoms with van der Waals surface area (Å²) in [5.41, 5.74) is 3.10. The van der Waals surface area contributed by atoms with Gasteiger partial charge in [-0.15, -0.1) is 0 Å². The fourth-order valence-corrected chi connectivity index (χ4v) is 3.10. The third kappa shape index (κ3) is 5.32. The molecule has 2 aromatic carbocycles. The van der Waals surface area contributed by atoms with E-state index in [1.54, 1.807) is 0 Å². The molecule has 3 nitrogen and oxygen atoms in total. The highest BCUT2D eigenvalue weighted by atomic mass is 28.3. The van der Waals surface area contributed by atoms with Crippen LogP contribution in [0.2, 0.25) is 25.7 Å². The molecule has 0 aromatic heterocycles. The molecule has 0 heterocycles. The molecule has 0 N–H and O–H groups in total. The molecule has 0 radical (unpaired) electrons. The van der Waals surface area contributed by atoms with E-state index >= 15 is 0 Å². The minimum absolute atomic E-state index is 0.349. The lowest BCUT2D eigenvalue weighted by Gasteiger charge is -2.20. The summed E-state index contributed by atoms with van der Waals surface area (Å²) in [6, 6.07) is 19.1. The number of rotatable bonds is 7. The van der Waals surface area contributed by atoms with Crippen LogP contribution in [0.5, 0.6) is 0 Å². The minimum atomic E-state index is -1.20. The van der Waals surface area contributed by atoms with Gasteiger partial charge < -0.3 is 9.47 Å². The number of carbonyl (C=O) groups excluding carboxylic acids is 1. The standard InChI is InChI=1S/C20H26O3Si/c1-22-20(21)19(23-14-15-24(2,3)4)18-12-10-17(11-13-18)16-8-6-5-7-9-16/h5-13,19H,14-15H2,1-4H3/t19-/m1/s1. The monoisotopic (exact) mass is 342 g/mol. The van der Waals surface area contributed by atoms with Gasteiger partial charge in [0.1, 0.15) is 0 Å². The van der Waals surface area contributed by atoms with Crippen LogP contribution in [0.1, 0.15) is 11.7 Å². The number of methoxy groups -OCH3 is 1. The molecule has 0 aliphatic carbocycles. The van der Waals surface area contributed by atoms with Gasteiger partial charge in [-0.2, -0.15) is 0 Å². The van der Waals surface area contributed by atoms with Crippen LogP contribution in [0.3, 0.4) is 0 Å². The summed E-state index contributed by atoms with van der Waals surface area (Å²) in [4.78, 5) is 12.1. The van der Waals surface area contributed by atoms with Crippen molar-refractivity contribution in [3.8, 4) is 11.1 Å². The first-order chi connectivity index (χ1) is 11.4. The van der Waals surface area contributed by atoms with E-state index in [2.05, 4.69) is 31.8 Å². The average molecular weight is 343 g/mol. The highest BCUT2D eigenvalue weighted by molar-refractivity contribution is 6.76. The summed E-state index contributed by atoms with van der Waals surface area (Å²) in [6.07, 6.45) is -0.656. The van der Waals surface area contributed by atoms with Crippen molar-refractivity contribution in [2.45, 2.75) is 31.8 Å². The topological polar surface area (TPSA) is 35.5 Å². The van der Waals surface area contributed by atoms with Crippen molar-refractivity contribution in [2.24, 2.45) is 0 Å². The summed E-state index contributed by atoms with van der Waals surface area (Å²) in [5.74, 6) is -0.349. The Morgan fingerprint density at radius 1 is 0.958 bits per heavy atom. The molecule has 0 saturated carbocycles. The van der Waals surface area contributed by atoms with E-state index in [0.717, 1.165) is 22.7 Å². The molecular formula is C20H26O3Si. The van der Waals surface area contributed by atoms with Gasteiger partial charge in [0.05, 0.1) is 7.11 Å². The number of hydrogen-bond acceptors (Lipinski definition) is 3. The number of hydrogen-bond donors (Lipinski definition) is 0. The van der Waals surface area contributed by atoms with Crippen molar-refractivity contribution < 1.29 is 14.3 Å². The Morgan fingerprint density at radius 2 is 1.54 bits per heavy atom. The molecule has 4 heteroatoms. The molecule has 0 bridgehead atoms. The lowest BCUT2D eigenvalue weighted by atomic mass is 10.0. The van der Waals surface area contributed by atoms with E-state index < -0.39 is 14.2 Å². The van der Waals surface area contributed by atoms with Crippen LogP contribution in [0, 0.1) is 0 Å². The molecule has 0 aliphatic rings. The highest BCUT2D eigenvalue weighted by Gasteiger charge is 2.23. The third-order valence-electron chi connectivity index (χ3n) is 3.87. The zero-order valence-electron chi connectivity index (χ0n) is 14.9. The molecule has 0 unspecified atom stereocenters.